The number of pyridine rings is 1. The number of carbonyl (C=O) groups excluding carboxylic acids is 1. The number of fused-ring (bicyclic) bond motifs is 3. The minimum Gasteiger partial charge on any atom is -0.461 e. The molecule has 15 heteroatoms. The summed E-state index contributed by atoms with van der Waals surface area (Å²) in [5.41, 5.74) is 0.674. The van der Waals surface area contributed by atoms with Gasteiger partial charge in [0.15, 0.2) is 17.5 Å². The van der Waals surface area contributed by atoms with Gasteiger partial charge in [-0.15, -0.1) is 0 Å². The van der Waals surface area contributed by atoms with Crippen LogP contribution in [0.3, 0.4) is 0 Å². The normalized spacial score (nSPS) is 17.1. The molecule has 0 radical (unpaired) electrons. The second-order valence-corrected chi connectivity index (χ2v) is 14.4. The van der Waals surface area contributed by atoms with Gasteiger partial charge in [-0.3, -0.25) is 14.7 Å². The molecule has 0 saturated carbocycles. The summed E-state index contributed by atoms with van der Waals surface area (Å²) in [6, 6.07) is 12.9. The number of benzene rings is 2. The molecule has 2 aromatic carbocycles. The number of nitrogens with zero attached hydrogens (tertiary/aromatic N) is 9. The average Bonchev–Trinajstić information content (AvgIpc) is 3.91. The molecule has 0 unspecified atom stereocenters. The highest BCUT2D eigenvalue weighted by Crippen LogP contribution is 2.40. The number of halogens is 3. The van der Waals surface area contributed by atoms with E-state index in [0.29, 0.717) is 52.7 Å². The molecule has 3 aliphatic rings. The van der Waals surface area contributed by atoms with E-state index in [0.717, 1.165) is 50.2 Å². The van der Waals surface area contributed by atoms with Crippen molar-refractivity contribution >= 4 is 51.1 Å². The molecule has 12 nitrogen and oxygen atoms in total. The molecule has 0 spiro atoms. The Kier molecular flexibility index (Phi) is 10.7. The molecule has 0 N–H and O–H groups in total. The minimum atomic E-state index is -0.995. The summed E-state index contributed by atoms with van der Waals surface area (Å²) in [5, 5.41) is 13.6. The maximum Gasteiger partial charge on any atom is 0.319 e. The number of hydrogen-bond acceptors (Lipinski definition) is 11. The summed E-state index contributed by atoms with van der Waals surface area (Å²) in [6.07, 6.45) is 6.81. The minimum absolute atomic E-state index is 0.00156. The molecule has 0 atom stereocenters. The van der Waals surface area contributed by atoms with Crippen LogP contribution in [0, 0.1) is 17.1 Å². The van der Waals surface area contributed by atoms with Crippen LogP contribution in [0.25, 0.3) is 39.0 Å². The van der Waals surface area contributed by atoms with Crippen molar-refractivity contribution in [1.82, 2.24) is 34.9 Å². The molecule has 6 heterocycles. The molecule has 3 aliphatic heterocycles. The van der Waals surface area contributed by atoms with E-state index < -0.39 is 17.6 Å². The zero-order chi connectivity index (χ0) is 38.0. The third kappa shape index (κ3) is 7.18. The Balaban J connectivity index is 0.00000145. The lowest BCUT2D eigenvalue weighted by atomic mass is 9.95. The van der Waals surface area contributed by atoms with Gasteiger partial charge < -0.3 is 19.1 Å². The molecule has 8 rings (SSSR count). The Morgan fingerprint density at radius 3 is 2.46 bits per heavy atom. The quantitative estimate of drug-likeness (QED) is 0.147. The van der Waals surface area contributed by atoms with E-state index in [1.54, 1.807) is 24.4 Å². The van der Waals surface area contributed by atoms with Crippen molar-refractivity contribution in [2.24, 2.45) is 0 Å². The van der Waals surface area contributed by atoms with Crippen molar-refractivity contribution in [3.05, 3.63) is 71.0 Å². The first kappa shape index (κ1) is 37.1. The molecule has 0 bridgehead atoms. The fraction of sp³-hybridized carbons (Fsp3) is 0.410. The fourth-order valence-corrected chi connectivity index (χ4v) is 7.93. The van der Waals surface area contributed by atoms with Gasteiger partial charge in [-0.05, 0) is 50.2 Å². The summed E-state index contributed by atoms with van der Waals surface area (Å²) in [7, 11) is 0. The van der Waals surface area contributed by atoms with Crippen LogP contribution in [0.15, 0.2) is 52.9 Å². The van der Waals surface area contributed by atoms with E-state index in [9.17, 15) is 4.79 Å². The molecule has 280 valence electrons. The molecular formula is C39H40ClF2N9O3. The summed E-state index contributed by atoms with van der Waals surface area (Å²) < 4.78 is 43.2. The van der Waals surface area contributed by atoms with Crippen molar-refractivity contribution in [2.45, 2.75) is 57.9 Å². The summed E-state index contributed by atoms with van der Waals surface area (Å²) >= 11 is 6.62. The van der Waals surface area contributed by atoms with Crippen LogP contribution >= 0.6 is 11.6 Å². The highest BCUT2D eigenvalue weighted by Gasteiger charge is 2.45. The zero-order valence-corrected chi connectivity index (χ0v) is 31.1. The van der Waals surface area contributed by atoms with Gasteiger partial charge in [0.25, 0.3) is 11.8 Å². The Bertz CT molecular complexity index is 2250. The van der Waals surface area contributed by atoms with Gasteiger partial charge in [0.2, 0.25) is 0 Å². The first-order valence-corrected chi connectivity index (χ1v) is 18.5. The summed E-state index contributed by atoms with van der Waals surface area (Å²) in [6.45, 7) is 8.70. The van der Waals surface area contributed by atoms with Gasteiger partial charge in [0.1, 0.15) is 23.6 Å². The standard InChI is InChI=1S/C37H37ClF2N8O3.C2H3N/c1-22(2)33-42-28(51-45-33)19-27(39)35(49)47-17-15-46(16-18-47)34-25-20-41-31(24-9-3-7-23-8-4-10-26(38)29(23)24)30(40)32(25)43-36(44-34)50-21-37-11-5-13-48(37)14-6-12-37;1-2-3/h3-4,7-10,19-20,22H,5-6,11-18,21H2,1-2H3;1H3/b27-19-;. The van der Waals surface area contributed by atoms with Crippen LogP contribution in [0.1, 0.15) is 64.1 Å². The SMILES string of the molecule is CC#N.CC(C)c1noc(/C=C(\F)C(=O)N2CCN(c3nc(OCC45CCCN4CCC5)nc4c(F)c(-c5cccc6cccc(Cl)c56)ncc34)CC2)n1. The number of nitriles is 1. The Hall–Kier alpha value is -5.26. The van der Waals surface area contributed by atoms with E-state index in [2.05, 4.69) is 25.0 Å². The van der Waals surface area contributed by atoms with Crippen molar-refractivity contribution in [1.29, 1.82) is 5.26 Å². The van der Waals surface area contributed by atoms with Crippen LogP contribution in [-0.4, -0.2) is 92.2 Å². The maximum absolute atomic E-state index is 16.8. The van der Waals surface area contributed by atoms with Gasteiger partial charge >= 0.3 is 6.01 Å². The van der Waals surface area contributed by atoms with Gasteiger partial charge in [-0.2, -0.15) is 20.2 Å². The number of hydrogen-bond donors (Lipinski definition) is 0. The number of ether oxygens (including phenoxy) is 1. The summed E-state index contributed by atoms with van der Waals surface area (Å²) in [5.74, 6) is -1.59. The first-order valence-electron chi connectivity index (χ1n) is 18.1. The van der Waals surface area contributed by atoms with Crippen molar-refractivity contribution in [3.8, 4) is 23.3 Å². The number of rotatable bonds is 8. The second-order valence-electron chi connectivity index (χ2n) is 14.0. The van der Waals surface area contributed by atoms with Crippen molar-refractivity contribution in [3.63, 3.8) is 0 Å². The molecular weight excluding hydrogens is 716 g/mol. The predicted molar refractivity (Wildman–Crippen MR) is 201 cm³/mol. The summed E-state index contributed by atoms with van der Waals surface area (Å²) in [4.78, 5) is 37.0. The van der Waals surface area contributed by atoms with Gasteiger partial charge in [0.05, 0.1) is 17.0 Å². The topological polar surface area (TPSA) is 137 Å². The predicted octanol–water partition coefficient (Wildman–Crippen LogP) is 7.34. The van der Waals surface area contributed by atoms with Gasteiger partial charge in [-0.25, -0.2) is 8.78 Å². The van der Waals surface area contributed by atoms with Crippen LogP contribution in [0.2, 0.25) is 5.02 Å². The van der Waals surface area contributed by atoms with Crippen molar-refractivity contribution in [2.75, 3.05) is 50.8 Å². The lowest BCUT2D eigenvalue weighted by Gasteiger charge is -2.35. The van der Waals surface area contributed by atoms with Gasteiger partial charge in [0, 0.05) is 67.3 Å². The number of carbonyl (C=O) groups is 1. The molecule has 54 heavy (non-hydrogen) atoms. The van der Waals surface area contributed by atoms with E-state index in [4.69, 9.17) is 31.1 Å². The Labute approximate surface area is 316 Å². The second kappa shape index (κ2) is 15.6. The molecule has 0 aliphatic carbocycles. The average molecular weight is 756 g/mol. The number of piperazine rings is 1. The Morgan fingerprint density at radius 2 is 1.78 bits per heavy atom. The number of anilines is 1. The number of amides is 1. The van der Waals surface area contributed by atoms with E-state index in [1.165, 1.54) is 11.8 Å². The van der Waals surface area contributed by atoms with E-state index >= 15 is 8.78 Å². The van der Waals surface area contributed by atoms with Crippen molar-refractivity contribution < 1.29 is 22.8 Å². The number of aromatic nitrogens is 5. The lowest BCUT2D eigenvalue weighted by Crippen LogP contribution is -2.49. The van der Waals surface area contributed by atoms with Crippen LogP contribution < -0.4 is 9.64 Å². The molecule has 3 saturated heterocycles. The molecule has 3 aromatic heterocycles. The molecule has 5 aromatic rings. The third-order valence-electron chi connectivity index (χ3n) is 10.3. The van der Waals surface area contributed by atoms with Gasteiger partial charge in [-0.1, -0.05) is 60.9 Å². The smallest absolute Gasteiger partial charge is 0.319 e. The van der Waals surface area contributed by atoms with E-state index in [-0.39, 0.29) is 47.7 Å². The molecule has 1 amide bonds. The zero-order valence-electron chi connectivity index (χ0n) is 30.4. The maximum atomic E-state index is 16.8. The largest absolute Gasteiger partial charge is 0.461 e. The first-order chi connectivity index (χ1) is 26.1. The van der Waals surface area contributed by atoms with Crippen LogP contribution in [-0.2, 0) is 4.79 Å². The Morgan fingerprint density at radius 1 is 1.07 bits per heavy atom. The molecule has 3 fully saturated rings. The highest BCUT2D eigenvalue weighted by atomic mass is 35.5. The van der Waals surface area contributed by atoms with Crippen LogP contribution in [0.4, 0.5) is 14.6 Å². The highest BCUT2D eigenvalue weighted by molar-refractivity contribution is 6.36. The van der Waals surface area contributed by atoms with Crippen LogP contribution in [0.5, 0.6) is 6.01 Å². The lowest BCUT2D eigenvalue weighted by molar-refractivity contribution is -0.128. The monoisotopic (exact) mass is 755 g/mol. The third-order valence-corrected chi connectivity index (χ3v) is 10.6. The van der Waals surface area contributed by atoms with E-state index in [1.807, 2.05) is 43.0 Å². The fourth-order valence-electron chi connectivity index (χ4n) is 7.65.